The van der Waals surface area contributed by atoms with Crippen LogP contribution in [0.4, 0.5) is 4.39 Å². The molecule has 0 saturated heterocycles. The summed E-state index contributed by atoms with van der Waals surface area (Å²) in [6.45, 7) is 0. The number of benzene rings is 1. The minimum atomic E-state index is -0.307. The van der Waals surface area contributed by atoms with E-state index in [4.69, 9.17) is 23.2 Å². The van der Waals surface area contributed by atoms with Gasteiger partial charge in [-0.05, 0) is 29.1 Å². The number of rotatable bonds is 2. The molecule has 1 aromatic carbocycles. The first-order valence-electron chi connectivity index (χ1n) is 4.31. The van der Waals surface area contributed by atoms with Crippen LogP contribution in [0.1, 0.15) is 15.8 Å². The van der Waals surface area contributed by atoms with Crippen LogP contribution in [0.25, 0.3) is 0 Å². The second kappa shape index (κ2) is 4.52. The third-order valence-electron chi connectivity index (χ3n) is 2.04. The van der Waals surface area contributed by atoms with Crippen LogP contribution < -0.4 is 0 Å². The molecule has 0 amide bonds. The Morgan fingerprint density at radius 3 is 2.33 bits per heavy atom. The molecule has 1 heterocycles. The van der Waals surface area contributed by atoms with E-state index >= 15 is 0 Å². The van der Waals surface area contributed by atoms with Gasteiger partial charge in [-0.15, -0.1) is 22.9 Å². The molecule has 1 unspecified atom stereocenters. The molecular formula is C11H7Cl2FS. The van der Waals surface area contributed by atoms with Crippen LogP contribution in [0.15, 0.2) is 35.7 Å². The van der Waals surface area contributed by atoms with E-state index in [1.54, 1.807) is 18.2 Å². The lowest BCUT2D eigenvalue weighted by Crippen LogP contribution is -1.90. The Bertz CT molecular complexity index is 450. The molecule has 2 aromatic rings. The Morgan fingerprint density at radius 1 is 1.13 bits per heavy atom. The molecular weight excluding hydrogens is 254 g/mol. The van der Waals surface area contributed by atoms with Crippen LogP contribution in [0, 0.1) is 5.82 Å². The van der Waals surface area contributed by atoms with Crippen molar-refractivity contribution in [2.45, 2.75) is 5.38 Å². The van der Waals surface area contributed by atoms with Gasteiger partial charge in [-0.2, -0.15) is 0 Å². The molecule has 0 saturated carbocycles. The molecule has 0 aliphatic rings. The van der Waals surface area contributed by atoms with Crippen LogP contribution in [0.5, 0.6) is 0 Å². The summed E-state index contributed by atoms with van der Waals surface area (Å²) in [5.74, 6) is -0.264. The molecule has 0 fully saturated rings. The van der Waals surface area contributed by atoms with Gasteiger partial charge in [0.05, 0.1) is 10.4 Å². The highest BCUT2D eigenvalue weighted by atomic mass is 35.5. The van der Waals surface area contributed by atoms with Crippen LogP contribution >= 0.6 is 34.5 Å². The minimum absolute atomic E-state index is 0.264. The monoisotopic (exact) mass is 260 g/mol. The Kier molecular flexibility index (Phi) is 3.29. The molecule has 0 nitrogen and oxygen atoms in total. The maximum Gasteiger partial charge on any atom is 0.123 e. The summed E-state index contributed by atoms with van der Waals surface area (Å²) in [5, 5.41) is 2.23. The maximum atomic E-state index is 12.7. The van der Waals surface area contributed by atoms with E-state index in [9.17, 15) is 4.39 Å². The zero-order valence-corrected chi connectivity index (χ0v) is 9.91. The molecule has 0 N–H and O–H groups in total. The largest absolute Gasteiger partial charge is 0.207 e. The Labute approximate surface area is 101 Å². The SMILES string of the molecule is Fc1ccc(C(Cl)c2sccc2Cl)cc1. The van der Waals surface area contributed by atoms with Gasteiger partial charge in [-0.3, -0.25) is 0 Å². The number of thiophene rings is 1. The first kappa shape index (κ1) is 10.9. The van der Waals surface area contributed by atoms with E-state index < -0.39 is 0 Å². The summed E-state index contributed by atoms with van der Waals surface area (Å²) < 4.78 is 12.7. The van der Waals surface area contributed by atoms with Crippen molar-refractivity contribution < 1.29 is 4.39 Å². The summed E-state index contributed by atoms with van der Waals surface area (Å²) in [6, 6.07) is 7.94. The Hall–Kier alpha value is -0.570. The van der Waals surface area contributed by atoms with Gasteiger partial charge in [0.15, 0.2) is 0 Å². The highest BCUT2D eigenvalue weighted by molar-refractivity contribution is 7.11. The van der Waals surface area contributed by atoms with Gasteiger partial charge in [-0.1, -0.05) is 23.7 Å². The van der Waals surface area contributed by atoms with Gasteiger partial charge in [0, 0.05) is 4.88 Å². The first-order valence-corrected chi connectivity index (χ1v) is 6.00. The molecule has 15 heavy (non-hydrogen) atoms. The van der Waals surface area contributed by atoms with Crippen LogP contribution in [-0.4, -0.2) is 0 Å². The second-order valence-corrected chi connectivity index (χ2v) is 4.84. The van der Waals surface area contributed by atoms with Crippen LogP contribution in [0.2, 0.25) is 5.02 Å². The zero-order chi connectivity index (χ0) is 10.8. The third kappa shape index (κ3) is 2.33. The average Bonchev–Trinajstić information content (AvgIpc) is 2.65. The predicted octanol–water partition coefficient (Wildman–Crippen LogP) is 4.87. The fraction of sp³-hybridized carbons (Fsp3) is 0.0909. The number of halogens is 3. The van der Waals surface area contributed by atoms with E-state index in [1.165, 1.54) is 23.5 Å². The molecule has 0 bridgehead atoms. The fourth-order valence-electron chi connectivity index (χ4n) is 1.27. The Balaban J connectivity index is 2.32. The van der Waals surface area contributed by atoms with E-state index in [0.717, 1.165) is 10.4 Å². The van der Waals surface area contributed by atoms with Gasteiger partial charge in [-0.25, -0.2) is 4.39 Å². The summed E-state index contributed by atoms with van der Waals surface area (Å²) in [4.78, 5) is 0.893. The molecule has 0 spiro atoms. The summed E-state index contributed by atoms with van der Waals surface area (Å²) in [6.07, 6.45) is 0. The first-order chi connectivity index (χ1) is 7.18. The lowest BCUT2D eigenvalue weighted by atomic mass is 10.1. The van der Waals surface area contributed by atoms with Crippen molar-refractivity contribution in [3.8, 4) is 0 Å². The van der Waals surface area contributed by atoms with Crippen molar-refractivity contribution in [2.24, 2.45) is 0 Å². The minimum Gasteiger partial charge on any atom is -0.207 e. The molecule has 78 valence electrons. The van der Waals surface area contributed by atoms with Crippen LogP contribution in [0.3, 0.4) is 0 Å². The van der Waals surface area contributed by atoms with Crippen molar-refractivity contribution in [1.29, 1.82) is 0 Å². The molecule has 4 heteroatoms. The van der Waals surface area contributed by atoms with Gasteiger partial charge >= 0.3 is 0 Å². The highest BCUT2D eigenvalue weighted by Gasteiger charge is 2.15. The molecule has 0 aliphatic carbocycles. The van der Waals surface area contributed by atoms with E-state index in [1.807, 2.05) is 5.38 Å². The third-order valence-corrected chi connectivity index (χ3v) is 4.06. The molecule has 2 rings (SSSR count). The van der Waals surface area contributed by atoms with E-state index in [2.05, 4.69) is 0 Å². The average molecular weight is 261 g/mol. The molecule has 0 aliphatic heterocycles. The van der Waals surface area contributed by atoms with Crippen molar-refractivity contribution >= 4 is 34.5 Å². The van der Waals surface area contributed by atoms with Gasteiger partial charge < -0.3 is 0 Å². The normalized spacial score (nSPS) is 12.7. The number of alkyl halides is 1. The van der Waals surface area contributed by atoms with Gasteiger partial charge in [0.25, 0.3) is 0 Å². The van der Waals surface area contributed by atoms with Gasteiger partial charge in [0.1, 0.15) is 5.82 Å². The maximum absolute atomic E-state index is 12.7. The summed E-state index contributed by atoms with van der Waals surface area (Å²) in [7, 11) is 0. The zero-order valence-electron chi connectivity index (χ0n) is 7.58. The van der Waals surface area contributed by atoms with Crippen molar-refractivity contribution in [3.05, 3.63) is 57.0 Å². The lowest BCUT2D eigenvalue weighted by Gasteiger charge is -2.08. The van der Waals surface area contributed by atoms with Crippen molar-refractivity contribution in [1.82, 2.24) is 0 Å². The van der Waals surface area contributed by atoms with Crippen molar-refractivity contribution in [3.63, 3.8) is 0 Å². The number of hydrogen-bond acceptors (Lipinski definition) is 1. The predicted molar refractivity (Wildman–Crippen MR) is 63.4 cm³/mol. The topological polar surface area (TPSA) is 0 Å². The fourth-order valence-corrected chi connectivity index (χ4v) is 2.91. The van der Waals surface area contributed by atoms with E-state index in [0.29, 0.717) is 5.02 Å². The van der Waals surface area contributed by atoms with Crippen molar-refractivity contribution in [2.75, 3.05) is 0 Å². The van der Waals surface area contributed by atoms with Crippen LogP contribution in [-0.2, 0) is 0 Å². The van der Waals surface area contributed by atoms with Gasteiger partial charge in [0.2, 0.25) is 0 Å². The smallest absolute Gasteiger partial charge is 0.123 e. The number of hydrogen-bond donors (Lipinski definition) is 0. The quantitative estimate of drug-likeness (QED) is 0.676. The lowest BCUT2D eigenvalue weighted by molar-refractivity contribution is 0.627. The second-order valence-electron chi connectivity index (χ2n) is 3.05. The molecule has 1 atom stereocenters. The molecule has 0 radical (unpaired) electrons. The van der Waals surface area contributed by atoms with E-state index in [-0.39, 0.29) is 11.2 Å². The Morgan fingerprint density at radius 2 is 1.80 bits per heavy atom. The highest BCUT2D eigenvalue weighted by Crippen LogP contribution is 2.37. The summed E-state index contributed by atoms with van der Waals surface area (Å²) >= 11 is 13.7. The summed E-state index contributed by atoms with van der Waals surface area (Å²) in [5.41, 5.74) is 0.849. The standard InChI is InChI=1S/C11H7Cl2FS/c12-9-5-6-15-11(9)10(13)7-1-3-8(14)4-2-7/h1-6,10H. The molecule has 1 aromatic heterocycles.